The zero-order valence-electron chi connectivity index (χ0n) is 16.7. The fourth-order valence-electron chi connectivity index (χ4n) is 3.61. The summed E-state index contributed by atoms with van der Waals surface area (Å²) in [5.74, 6) is 1.68. The van der Waals surface area contributed by atoms with Gasteiger partial charge in [0.15, 0.2) is 0 Å². The van der Waals surface area contributed by atoms with Crippen LogP contribution in [0.15, 0.2) is 53.9 Å². The van der Waals surface area contributed by atoms with Gasteiger partial charge in [-0.25, -0.2) is 0 Å². The molecule has 2 aromatic carbocycles. The standard InChI is InChI=1S/C22H20N4O4/c1-27-13-6-4-5-12(9-13)20-19-18(15-8-7-14(28-2)10-17(15)29-3)16(11-23)21(24)30-22(19)26-25-20/h4-10,18H,24H2,1-3H3,(H,25,26)/t18-/m0/s1. The fourth-order valence-corrected chi connectivity index (χ4v) is 3.61. The van der Waals surface area contributed by atoms with Crippen LogP contribution in [0.5, 0.6) is 23.1 Å². The minimum atomic E-state index is -0.542. The van der Waals surface area contributed by atoms with E-state index in [9.17, 15) is 5.26 Å². The first kappa shape index (κ1) is 19.2. The van der Waals surface area contributed by atoms with Crippen LogP contribution in [0.1, 0.15) is 17.0 Å². The van der Waals surface area contributed by atoms with Crippen LogP contribution in [0, 0.1) is 11.3 Å². The average molecular weight is 404 g/mol. The first-order chi connectivity index (χ1) is 14.6. The molecule has 3 aromatic rings. The van der Waals surface area contributed by atoms with Gasteiger partial charge in [0.25, 0.3) is 0 Å². The van der Waals surface area contributed by atoms with Crippen molar-refractivity contribution in [3.63, 3.8) is 0 Å². The summed E-state index contributed by atoms with van der Waals surface area (Å²) in [4.78, 5) is 0. The van der Waals surface area contributed by atoms with Gasteiger partial charge >= 0.3 is 0 Å². The van der Waals surface area contributed by atoms with Crippen LogP contribution in [0.4, 0.5) is 0 Å². The van der Waals surface area contributed by atoms with Crippen LogP contribution >= 0.6 is 0 Å². The van der Waals surface area contributed by atoms with Crippen LogP contribution in [-0.4, -0.2) is 31.5 Å². The summed E-state index contributed by atoms with van der Waals surface area (Å²) in [5.41, 5.74) is 9.31. The number of rotatable bonds is 5. The zero-order chi connectivity index (χ0) is 21.3. The number of hydrogen-bond acceptors (Lipinski definition) is 7. The van der Waals surface area contributed by atoms with Crippen molar-refractivity contribution in [2.75, 3.05) is 21.3 Å². The van der Waals surface area contributed by atoms with Gasteiger partial charge < -0.3 is 24.7 Å². The third kappa shape index (κ3) is 3.06. The molecule has 2 heterocycles. The van der Waals surface area contributed by atoms with E-state index in [2.05, 4.69) is 16.3 Å². The van der Waals surface area contributed by atoms with Crippen molar-refractivity contribution >= 4 is 0 Å². The van der Waals surface area contributed by atoms with Crippen molar-refractivity contribution in [2.45, 2.75) is 5.92 Å². The lowest BCUT2D eigenvalue weighted by molar-refractivity contribution is 0.373. The Morgan fingerprint density at radius 3 is 2.53 bits per heavy atom. The molecule has 1 atom stereocenters. The summed E-state index contributed by atoms with van der Waals surface area (Å²) < 4.78 is 21.9. The summed E-state index contributed by atoms with van der Waals surface area (Å²) in [7, 11) is 4.75. The van der Waals surface area contributed by atoms with Crippen molar-refractivity contribution < 1.29 is 18.9 Å². The molecule has 0 radical (unpaired) electrons. The van der Waals surface area contributed by atoms with E-state index in [0.29, 0.717) is 34.4 Å². The maximum atomic E-state index is 9.88. The lowest BCUT2D eigenvalue weighted by atomic mass is 9.82. The van der Waals surface area contributed by atoms with E-state index >= 15 is 0 Å². The molecule has 8 nitrogen and oxygen atoms in total. The first-order valence-corrected chi connectivity index (χ1v) is 9.13. The van der Waals surface area contributed by atoms with Crippen LogP contribution in [0.2, 0.25) is 0 Å². The Hall–Kier alpha value is -4.12. The van der Waals surface area contributed by atoms with E-state index in [0.717, 1.165) is 11.1 Å². The van der Waals surface area contributed by atoms with E-state index in [1.165, 1.54) is 0 Å². The van der Waals surface area contributed by atoms with Gasteiger partial charge in [-0.1, -0.05) is 18.2 Å². The van der Waals surface area contributed by atoms with Crippen LogP contribution in [0.3, 0.4) is 0 Å². The Balaban J connectivity index is 1.96. The topological polar surface area (TPSA) is 115 Å². The summed E-state index contributed by atoms with van der Waals surface area (Å²) in [6.45, 7) is 0. The van der Waals surface area contributed by atoms with Crippen molar-refractivity contribution in [3.05, 3.63) is 65.0 Å². The van der Waals surface area contributed by atoms with Crippen molar-refractivity contribution in [1.29, 1.82) is 5.26 Å². The Kier molecular flexibility index (Phi) is 4.94. The third-order valence-electron chi connectivity index (χ3n) is 5.05. The number of H-pyrrole nitrogens is 1. The smallest absolute Gasteiger partial charge is 0.244 e. The molecule has 0 saturated carbocycles. The minimum absolute atomic E-state index is 0.0107. The van der Waals surface area contributed by atoms with Crippen molar-refractivity contribution in [3.8, 4) is 40.5 Å². The van der Waals surface area contributed by atoms with E-state index in [1.54, 1.807) is 27.4 Å². The molecule has 0 bridgehead atoms. The largest absolute Gasteiger partial charge is 0.497 e. The number of hydrogen-bond donors (Lipinski definition) is 2. The highest BCUT2D eigenvalue weighted by molar-refractivity contribution is 5.72. The van der Waals surface area contributed by atoms with Crippen molar-refractivity contribution in [2.24, 2.45) is 5.73 Å². The number of benzene rings is 2. The number of nitrogens with two attached hydrogens (primary N) is 1. The number of fused-ring (bicyclic) bond motifs is 1. The second kappa shape index (κ2) is 7.72. The van der Waals surface area contributed by atoms with Gasteiger partial charge in [0.2, 0.25) is 11.8 Å². The third-order valence-corrected chi connectivity index (χ3v) is 5.05. The Morgan fingerprint density at radius 2 is 1.83 bits per heavy atom. The molecular formula is C22H20N4O4. The monoisotopic (exact) mass is 404 g/mol. The predicted molar refractivity (Wildman–Crippen MR) is 109 cm³/mol. The summed E-state index contributed by atoms with van der Waals surface area (Å²) >= 11 is 0. The molecule has 1 aliphatic rings. The number of aromatic nitrogens is 2. The number of nitrogens with one attached hydrogen (secondary N) is 1. The minimum Gasteiger partial charge on any atom is -0.497 e. The molecule has 0 amide bonds. The van der Waals surface area contributed by atoms with Crippen LogP contribution < -0.4 is 24.7 Å². The Bertz CT molecular complexity index is 1180. The molecule has 0 saturated heterocycles. The highest BCUT2D eigenvalue weighted by Gasteiger charge is 2.37. The number of ether oxygens (including phenoxy) is 4. The molecule has 30 heavy (non-hydrogen) atoms. The number of allylic oxidation sites excluding steroid dienone is 1. The zero-order valence-corrected chi connectivity index (χ0v) is 16.7. The van der Waals surface area contributed by atoms with Gasteiger partial charge in [0.05, 0.1) is 38.5 Å². The predicted octanol–water partition coefficient (Wildman–Crippen LogP) is 3.32. The van der Waals surface area contributed by atoms with E-state index in [-0.39, 0.29) is 11.5 Å². The Labute approximate surface area is 173 Å². The van der Waals surface area contributed by atoms with E-state index < -0.39 is 5.92 Å². The molecule has 4 rings (SSSR count). The van der Waals surface area contributed by atoms with Gasteiger partial charge in [-0.2, -0.15) is 5.26 Å². The van der Waals surface area contributed by atoms with Gasteiger partial charge in [0, 0.05) is 17.2 Å². The fraction of sp³-hybridized carbons (Fsp3) is 0.182. The second-order valence-corrected chi connectivity index (χ2v) is 6.58. The lowest BCUT2D eigenvalue weighted by Crippen LogP contribution is -2.21. The molecule has 0 aliphatic carbocycles. The van der Waals surface area contributed by atoms with Crippen LogP contribution in [0.25, 0.3) is 11.3 Å². The molecular weight excluding hydrogens is 384 g/mol. The van der Waals surface area contributed by atoms with Crippen LogP contribution in [-0.2, 0) is 0 Å². The lowest BCUT2D eigenvalue weighted by Gasteiger charge is -2.25. The van der Waals surface area contributed by atoms with Gasteiger partial charge in [-0.15, -0.1) is 5.10 Å². The average Bonchev–Trinajstić information content (AvgIpc) is 3.21. The van der Waals surface area contributed by atoms with Gasteiger partial charge in [-0.3, -0.25) is 5.10 Å². The highest BCUT2D eigenvalue weighted by atomic mass is 16.5. The summed E-state index contributed by atoms with van der Waals surface area (Å²) in [6, 6.07) is 15.1. The number of methoxy groups -OCH3 is 3. The molecule has 3 N–H and O–H groups in total. The SMILES string of the molecule is COc1cccc(-c2[nH]nc3c2[C@@H](c2ccc(OC)cc2OC)C(C#N)=C(N)O3)c1. The first-order valence-electron chi connectivity index (χ1n) is 9.13. The maximum Gasteiger partial charge on any atom is 0.244 e. The van der Waals surface area contributed by atoms with Gasteiger partial charge in [0.1, 0.15) is 28.9 Å². The molecule has 0 fully saturated rings. The molecule has 0 unspecified atom stereocenters. The Morgan fingerprint density at radius 1 is 1.07 bits per heavy atom. The van der Waals surface area contributed by atoms with E-state index in [4.69, 9.17) is 24.7 Å². The number of aromatic amines is 1. The van der Waals surface area contributed by atoms with E-state index in [1.807, 2.05) is 36.4 Å². The quantitative estimate of drug-likeness (QED) is 0.670. The molecule has 1 aromatic heterocycles. The number of nitriles is 1. The number of nitrogens with zero attached hydrogens (tertiary/aromatic N) is 2. The van der Waals surface area contributed by atoms with Crippen molar-refractivity contribution in [1.82, 2.24) is 10.2 Å². The van der Waals surface area contributed by atoms with Gasteiger partial charge in [-0.05, 0) is 18.2 Å². The maximum absolute atomic E-state index is 9.88. The normalized spacial score (nSPS) is 15.1. The molecule has 0 spiro atoms. The summed E-state index contributed by atoms with van der Waals surface area (Å²) in [6.07, 6.45) is 0. The second-order valence-electron chi connectivity index (χ2n) is 6.58. The molecule has 8 heteroatoms. The molecule has 152 valence electrons. The summed E-state index contributed by atoms with van der Waals surface area (Å²) in [5, 5.41) is 17.2. The molecule has 1 aliphatic heterocycles. The highest BCUT2D eigenvalue weighted by Crippen LogP contribution is 2.48.